The molecule has 2 aromatic carbocycles. The van der Waals surface area contributed by atoms with Crippen LogP contribution in [0.4, 0.5) is 5.69 Å². The summed E-state index contributed by atoms with van der Waals surface area (Å²) in [5, 5.41) is 7.63. The molecule has 2 fully saturated rings. The quantitative estimate of drug-likeness (QED) is 0.545. The van der Waals surface area contributed by atoms with Crippen molar-refractivity contribution >= 4 is 22.5 Å². The lowest BCUT2D eigenvalue weighted by Gasteiger charge is -2.13. The maximum atomic E-state index is 12.8. The highest BCUT2D eigenvalue weighted by atomic mass is 16.5. The molecule has 3 aromatic rings. The van der Waals surface area contributed by atoms with Crippen LogP contribution in [-0.2, 0) is 11.3 Å². The summed E-state index contributed by atoms with van der Waals surface area (Å²) in [5.41, 5.74) is 4.42. The molecule has 2 N–H and O–H groups in total. The predicted octanol–water partition coefficient (Wildman–Crippen LogP) is 4.61. The van der Waals surface area contributed by atoms with Crippen molar-refractivity contribution in [3.8, 4) is 5.75 Å². The van der Waals surface area contributed by atoms with Crippen molar-refractivity contribution in [2.45, 2.75) is 51.3 Å². The second kappa shape index (κ2) is 9.27. The molecule has 1 aliphatic carbocycles. The van der Waals surface area contributed by atoms with Crippen LogP contribution in [0.3, 0.4) is 0 Å². The molecule has 2 aliphatic rings. The minimum absolute atomic E-state index is 0.150. The number of rotatable bonds is 8. The third kappa shape index (κ3) is 4.92. The maximum absolute atomic E-state index is 12.8. The summed E-state index contributed by atoms with van der Waals surface area (Å²) in [7, 11) is 0. The predicted molar refractivity (Wildman–Crippen MR) is 125 cm³/mol. The fourth-order valence-electron chi connectivity index (χ4n) is 4.04. The molecule has 2 heterocycles. The van der Waals surface area contributed by atoms with Gasteiger partial charge in [0.1, 0.15) is 12.4 Å². The summed E-state index contributed by atoms with van der Waals surface area (Å²) in [6, 6.07) is 14.0. The van der Waals surface area contributed by atoms with E-state index in [1.165, 1.54) is 18.4 Å². The van der Waals surface area contributed by atoms with Crippen LogP contribution < -0.4 is 15.4 Å². The van der Waals surface area contributed by atoms with Gasteiger partial charge in [0.25, 0.3) is 5.91 Å². The van der Waals surface area contributed by atoms with Gasteiger partial charge in [0.05, 0.1) is 11.6 Å². The van der Waals surface area contributed by atoms with Crippen molar-refractivity contribution in [1.82, 2.24) is 10.3 Å². The Morgan fingerprint density at radius 3 is 2.75 bits per heavy atom. The third-order valence-corrected chi connectivity index (χ3v) is 6.16. The van der Waals surface area contributed by atoms with E-state index in [0.29, 0.717) is 18.2 Å². The number of pyridine rings is 1. The Balaban J connectivity index is 1.23. The standard InChI is InChI=1S/C26H29N3O3/c1-17-24(11-6-20-13-18(15-28-25(17)20)14-27-21-7-8-21)29-26(30)19-4-9-22(10-5-19)32-16-23-3-2-12-31-23/h4-6,9-11,13,15,21,23,27H,2-3,7-8,12,14,16H2,1H3,(H,29,30). The number of amides is 1. The molecule has 0 bridgehead atoms. The van der Waals surface area contributed by atoms with E-state index in [1.807, 2.05) is 37.4 Å². The van der Waals surface area contributed by atoms with E-state index in [4.69, 9.17) is 9.47 Å². The lowest BCUT2D eigenvalue weighted by Crippen LogP contribution is -2.16. The fraction of sp³-hybridized carbons (Fsp3) is 0.385. The van der Waals surface area contributed by atoms with Gasteiger partial charge < -0.3 is 20.1 Å². The smallest absolute Gasteiger partial charge is 0.255 e. The molecule has 5 rings (SSSR count). The molecular formula is C26H29N3O3. The van der Waals surface area contributed by atoms with Gasteiger partial charge in [0.15, 0.2) is 0 Å². The average molecular weight is 432 g/mol. The van der Waals surface area contributed by atoms with E-state index < -0.39 is 0 Å². The first-order chi connectivity index (χ1) is 15.7. The van der Waals surface area contributed by atoms with E-state index in [-0.39, 0.29) is 12.0 Å². The molecule has 166 valence electrons. The van der Waals surface area contributed by atoms with Gasteiger partial charge in [-0.25, -0.2) is 0 Å². The topological polar surface area (TPSA) is 72.5 Å². The Bertz CT molecular complexity index is 1100. The van der Waals surface area contributed by atoms with Crippen LogP contribution in [-0.4, -0.2) is 36.3 Å². The van der Waals surface area contributed by atoms with Gasteiger partial charge in [-0.2, -0.15) is 0 Å². The van der Waals surface area contributed by atoms with Crippen LogP contribution in [0.15, 0.2) is 48.7 Å². The number of ether oxygens (including phenoxy) is 2. The van der Waals surface area contributed by atoms with E-state index in [2.05, 4.69) is 21.7 Å². The summed E-state index contributed by atoms with van der Waals surface area (Å²) in [6.07, 6.45) is 6.77. The summed E-state index contributed by atoms with van der Waals surface area (Å²) in [6.45, 7) is 4.20. The number of nitrogens with one attached hydrogen (secondary N) is 2. The van der Waals surface area contributed by atoms with Crippen molar-refractivity contribution in [2.75, 3.05) is 18.5 Å². The van der Waals surface area contributed by atoms with Crippen LogP contribution in [0.1, 0.15) is 47.2 Å². The SMILES string of the molecule is Cc1c(NC(=O)c2ccc(OCC3CCCO3)cc2)ccc2cc(CNC3CC3)cnc12. The molecular weight excluding hydrogens is 402 g/mol. The van der Waals surface area contributed by atoms with E-state index in [9.17, 15) is 4.79 Å². The molecule has 1 atom stereocenters. The van der Waals surface area contributed by atoms with Gasteiger partial charge in [-0.05, 0) is 80.1 Å². The van der Waals surface area contributed by atoms with Gasteiger partial charge in [0.2, 0.25) is 0 Å². The number of aryl methyl sites for hydroxylation is 1. The molecule has 1 unspecified atom stereocenters. The zero-order valence-corrected chi connectivity index (χ0v) is 18.4. The van der Waals surface area contributed by atoms with Gasteiger partial charge >= 0.3 is 0 Å². The highest BCUT2D eigenvalue weighted by Gasteiger charge is 2.20. The molecule has 0 radical (unpaired) electrons. The Morgan fingerprint density at radius 1 is 1.16 bits per heavy atom. The average Bonchev–Trinajstić information content (AvgIpc) is 3.51. The molecule has 1 aliphatic heterocycles. The van der Waals surface area contributed by atoms with Gasteiger partial charge in [-0.3, -0.25) is 9.78 Å². The number of nitrogens with zero attached hydrogens (tertiary/aromatic N) is 1. The number of carbonyl (C=O) groups excluding carboxylic acids is 1. The fourth-order valence-corrected chi connectivity index (χ4v) is 4.04. The van der Waals surface area contributed by atoms with Crippen LogP contribution in [0.2, 0.25) is 0 Å². The molecule has 1 saturated heterocycles. The number of aromatic nitrogens is 1. The van der Waals surface area contributed by atoms with E-state index >= 15 is 0 Å². The number of fused-ring (bicyclic) bond motifs is 1. The summed E-state index contributed by atoms with van der Waals surface area (Å²) in [5.74, 6) is 0.596. The van der Waals surface area contributed by atoms with Gasteiger partial charge in [-0.1, -0.05) is 6.07 Å². The Kier molecular flexibility index (Phi) is 6.06. The number of hydrogen-bond acceptors (Lipinski definition) is 5. The zero-order valence-electron chi connectivity index (χ0n) is 18.4. The maximum Gasteiger partial charge on any atom is 0.255 e. The number of hydrogen-bond donors (Lipinski definition) is 2. The zero-order chi connectivity index (χ0) is 21.9. The largest absolute Gasteiger partial charge is 0.491 e. The third-order valence-electron chi connectivity index (χ3n) is 6.16. The highest BCUT2D eigenvalue weighted by Crippen LogP contribution is 2.26. The molecule has 32 heavy (non-hydrogen) atoms. The minimum Gasteiger partial charge on any atom is -0.491 e. The van der Waals surface area contributed by atoms with Crippen molar-refractivity contribution < 1.29 is 14.3 Å². The van der Waals surface area contributed by atoms with Gasteiger partial charge in [0, 0.05) is 42.0 Å². The number of anilines is 1. The van der Waals surface area contributed by atoms with Crippen LogP contribution in [0, 0.1) is 6.92 Å². The van der Waals surface area contributed by atoms with Crippen molar-refractivity contribution in [1.29, 1.82) is 0 Å². The van der Waals surface area contributed by atoms with Gasteiger partial charge in [-0.15, -0.1) is 0 Å². The van der Waals surface area contributed by atoms with E-state index in [1.54, 1.807) is 12.1 Å². The van der Waals surface area contributed by atoms with Crippen LogP contribution >= 0.6 is 0 Å². The lowest BCUT2D eigenvalue weighted by atomic mass is 10.1. The summed E-state index contributed by atoms with van der Waals surface area (Å²) < 4.78 is 11.4. The molecule has 1 amide bonds. The number of benzene rings is 2. The van der Waals surface area contributed by atoms with Crippen molar-refractivity contribution in [2.24, 2.45) is 0 Å². The van der Waals surface area contributed by atoms with Crippen molar-refractivity contribution in [3.63, 3.8) is 0 Å². The Labute approximate surface area is 188 Å². The molecule has 0 spiro atoms. The second-order valence-corrected chi connectivity index (χ2v) is 8.73. The molecule has 6 nitrogen and oxygen atoms in total. The first-order valence-electron chi connectivity index (χ1n) is 11.4. The summed E-state index contributed by atoms with van der Waals surface area (Å²) in [4.78, 5) is 17.5. The lowest BCUT2D eigenvalue weighted by molar-refractivity contribution is 0.0679. The summed E-state index contributed by atoms with van der Waals surface area (Å²) >= 11 is 0. The Morgan fingerprint density at radius 2 is 2.00 bits per heavy atom. The van der Waals surface area contributed by atoms with Crippen LogP contribution in [0.5, 0.6) is 5.75 Å². The van der Waals surface area contributed by atoms with Crippen LogP contribution in [0.25, 0.3) is 10.9 Å². The minimum atomic E-state index is -0.150. The first-order valence-corrected chi connectivity index (χ1v) is 11.4. The Hall–Kier alpha value is -2.96. The molecule has 1 aromatic heterocycles. The van der Waals surface area contributed by atoms with E-state index in [0.717, 1.165) is 53.9 Å². The monoisotopic (exact) mass is 431 g/mol. The normalized spacial score (nSPS) is 18.1. The second-order valence-electron chi connectivity index (χ2n) is 8.73. The molecule has 1 saturated carbocycles. The first kappa shape index (κ1) is 20.9. The van der Waals surface area contributed by atoms with Crippen molar-refractivity contribution in [3.05, 3.63) is 65.4 Å². The molecule has 6 heteroatoms. The highest BCUT2D eigenvalue weighted by molar-refractivity contribution is 6.06. The number of carbonyl (C=O) groups is 1.